The molecule has 1 aliphatic heterocycles. The van der Waals surface area contributed by atoms with E-state index in [1.165, 1.54) is 19.1 Å². The SMILES string of the molecule is CC(=O)c1cc2c(cc1NC(=O)Cn1nc(C(F)(F)F)c3c1CCCC3)OCO2. The van der Waals surface area contributed by atoms with E-state index in [0.717, 1.165) is 11.1 Å². The first kappa shape index (κ1) is 19.3. The molecular formula is C19H18F3N3O4. The molecule has 10 heteroatoms. The summed E-state index contributed by atoms with van der Waals surface area (Å²) in [5.41, 5.74) is 0.123. The van der Waals surface area contributed by atoms with Crippen molar-refractivity contribution < 1.29 is 32.2 Å². The Hall–Kier alpha value is -3.04. The van der Waals surface area contributed by atoms with Gasteiger partial charge in [0.25, 0.3) is 0 Å². The zero-order chi connectivity index (χ0) is 20.8. The van der Waals surface area contributed by atoms with E-state index < -0.39 is 17.8 Å². The topological polar surface area (TPSA) is 82.5 Å². The molecule has 0 unspecified atom stereocenters. The smallest absolute Gasteiger partial charge is 0.435 e. The number of amides is 1. The highest BCUT2D eigenvalue weighted by Gasteiger charge is 2.39. The fourth-order valence-corrected chi connectivity index (χ4v) is 3.69. The first-order valence-corrected chi connectivity index (χ1v) is 9.14. The second kappa shape index (κ2) is 7.09. The third kappa shape index (κ3) is 3.66. The molecule has 0 spiro atoms. The molecule has 0 saturated heterocycles. The summed E-state index contributed by atoms with van der Waals surface area (Å²) in [6, 6.07) is 2.94. The van der Waals surface area contributed by atoms with Crippen molar-refractivity contribution >= 4 is 17.4 Å². The van der Waals surface area contributed by atoms with Crippen LogP contribution in [0.5, 0.6) is 11.5 Å². The van der Waals surface area contributed by atoms with Crippen LogP contribution >= 0.6 is 0 Å². The van der Waals surface area contributed by atoms with Gasteiger partial charge in [0, 0.05) is 22.9 Å². The molecule has 0 bridgehead atoms. The molecule has 1 aromatic heterocycles. The van der Waals surface area contributed by atoms with Gasteiger partial charge in [-0.1, -0.05) is 0 Å². The molecule has 0 saturated carbocycles. The van der Waals surface area contributed by atoms with E-state index in [9.17, 15) is 22.8 Å². The first-order chi connectivity index (χ1) is 13.7. The number of ether oxygens (including phenoxy) is 2. The lowest BCUT2D eigenvalue weighted by molar-refractivity contribution is -0.142. The third-order valence-electron chi connectivity index (χ3n) is 4.98. The van der Waals surface area contributed by atoms with Crippen molar-refractivity contribution in [1.82, 2.24) is 9.78 Å². The van der Waals surface area contributed by atoms with Gasteiger partial charge in [0.2, 0.25) is 12.7 Å². The summed E-state index contributed by atoms with van der Waals surface area (Å²) in [5, 5.41) is 6.27. The monoisotopic (exact) mass is 409 g/mol. The molecule has 1 amide bonds. The molecule has 4 rings (SSSR count). The molecule has 2 heterocycles. The Morgan fingerprint density at radius 2 is 1.86 bits per heavy atom. The van der Waals surface area contributed by atoms with Crippen LogP contribution in [0, 0.1) is 0 Å². The number of carbonyl (C=O) groups is 2. The number of rotatable bonds is 4. The number of halogens is 3. The molecule has 1 aliphatic carbocycles. The number of fused-ring (bicyclic) bond motifs is 2. The summed E-state index contributed by atoms with van der Waals surface area (Å²) in [7, 11) is 0. The molecular weight excluding hydrogens is 391 g/mol. The number of nitrogens with one attached hydrogen (secondary N) is 1. The number of anilines is 1. The Labute approximate surface area is 163 Å². The number of carbonyl (C=O) groups excluding carboxylic acids is 2. The maximum atomic E-state index is 13.3. The van der Waals surface area contributed by atoms with Crippen molar-refractivity contribution in [3.63, 3.8) is 0 Å². The second-order valence-electron chi connectivity index (χ2n) is 6.99. The number of hydrogen-bond acceptors (Lipinski definition) is 5. The summed E-state index contributed by atoms with van der Waals surface area (Å²) >= 11 is 0. The number of hydrogen-bond donors (Lipinski definition) is 1. The van der Waals surface area contributed by atoms with Crippen LogP contribution in [-0.2, 0) is 30.4 Å². The van der Waals surface area contributed by atoms with Gasteiger partial charge >= 0.3 is 6.18 Å². The average Bonchev–Trinajstić information content (AvgIpc) is 3.25. The minimum Gasteiger partial charge on any atom is -0.454 e. The number of alkyl halides is 3. The van der Waals surface area contributed by atoms with E-state index in [4.69, 9.17) is 9.47 Å². The van der Waals surface area contributed by atoms with Gasteiger partial charge in [0.05, 0.1) is 5.69 Å². The summed E-state index contributed by atoms with van der Waals surface area (Å²) in [4.78, 5) is 24.5. The summed E-state index contributed by atoms with van der Waals surface area (Å²) in [6.07, 6.45) is -2.43. The van der Waals surface area contributed by atoms with Crippen molar-refractivity contribution in [3.05, 3.63) is 34.6 Å². The summed E-state index contributed by atoms with van der Waals surface area (Å²) in [6.45, 7) is 0.959. The second-order valence-corrected chi connectivity index (χ2v) is 6.99. The molecule has 154 valence electrons. The lowest BCUT2D eigenvalue weighted by Crippen LogP contribution is -2.22. The van der Waals surface area contributed by atoms with Gasteiger partial charge in [-0.3, -0.25) is 14.3 Å². The first-order valence-electron chi connectivity index (χ1n) is 9.14. The summed E-state index contributed by atoms with van der Waals surface area (Å²) in [5.74, 6) is -0.115. The molecule has 1 N–H and O–H groups in total. The van der Waals surface area contributed by atoms with Gasteiger partial charge in [-0.05, 0) is 38.7 Å². The fraction of sp³-hybridized carbons (Fsp3) is 0.421. The van der Waals surface area contributed by atoms with Crippen LogP contribution in [0.1, 0.15) is 47.1 Å². The van der Waals surface area contributed by atoms with Crippen LogP contribution in [0.2, 0.25) is 0 Å². The van der Waals surface area contributed by atoms with Crippen LogP contribution in [0.15, 0.2) is 12.1 Å². The van der Waals surface area contributed by atoms with E-state index in [1.54, 1.807) is 0 Å². The van der Waals surface area contributed by atoms with Crippen molar-refractivity contribution in [2.45, 2.75) is 45.3 Å². The quantitative estimate of drug-likeness (QED) is 0.784. The average molecular weight is 409 g/mol. The highest BCUT2D eigenvalue weighted by Crippen LogP contribution is 2.38. The lowest BCUT2D eigenvalue weighted by Gasteiger charge is -2.15. The molecule has 2 aliphatic rings. The minimum absolute atomic E-state index is 0.00369. The third-order valence-corrected chi connectivity index (χ3v) is 4.98. The van der Waals surface area contributed by atoms with Gasteiger partial charge in [0.1, 0.15) is 6.54 Å². The Balaban J connectivity index is 1.60. The van der Waals surface area contributed by atoms with E-state index in [0.29, 0.717) is 36.5 Å². The minimum atomic E-state index is -4.57. The van der Waals surface area contributed by atoms with Crippen molar-refractivity contribution in [2.24, 2.45) is 0 Å². The predicted octanol–water partition coefficient (Wildman–Crippen LogP) is 3.35. The van der Waals surface area contributed by atoms with E-state index in [2.05, 4.69) is 10.4 Å². The van der Waals surface area contributed by atoms with Crippen molar-refractivity contribution in [1.29, 1.82) is 0 Å². The summed E-state index contributed by atoms with van der Waals surface area (Å²) < 4.78 is 51.5. The number of ketones is 1. The highest BCUT2D eigenvalue weighted by molar-refractivity contribution is 6.04. The Bertz CT molecular complexity index is 998. The normalized spacial score (nSPS) is 15.2. The van der Waals surface area contributed by atoms with E-state index >= 15 is 0 Å². The lowest BCUT2D eigenvalue weighted by atomic mass is 9.95. The van der Waals surface area contributed by atoms with E-state index in [-0.39, 0.29) is 35.9 Å². The van der Waals surface area contributed by atoms with Crippen LogP contribution in [0.4, 0.5) is 18.9 Å². The van der Waals surface area contributed by atoms with Gasteiger partial charge < -0.3 is 14.8 Å². The van der Waals surface area contributed by atoms with Crippen LogP contribution in [0.3, 0.4) is 0 Å². The van der Waals surface area contributed by atoms with Gasteiger partial charge in [-0.2, -0.15) is 18.3 Å². The maximum Gasteiger partial charge on any atom is 0.435 e. The molecule has 29 heavy (non-hydrogen) atoms. The Morgan fingerprint density at radius 1 is 1.17 bits per heavy atom. The molecule has 1 aromatic carbocycles. The number of benzene rings is 1. The maximum absolute atomic E-state index is 13.3. The zero-order valence-corrected chi connectivity index (χ0v) is 15.6. The van der Waals surface area contributed by atoms with Gasteiger partial charge in [-0.25, -0.2) is 0 Å². The standard InChI is InChI=1S/C19H18F3N3O4/c1-10(26)12-6-15-16(29-9-28-15)7-13(12)23-17(27)8-25-14-5-3-2-4-11(14)18(24-25)19(20,21)22/h6-7H,2-5,8-9H2,1H3,(H,23,27). The van der Waals surface area contributed by atoms with E-state index in [1.807, 2.05) is 0 Å². The largest absolute Gasteiger partial charge is 0.454 e. The Morgan fingerprint density at radius 3 is 2.55 bits per heavy atom. The number of aromatic nitrogens is 2. The van der Waals surface area contributed by atoms with Gasteiger partial charge in [0.15, 0.2) is 23.0 Å². The van der Waals surface area contributed by atoms with Crippen LogP contribution in [0.25, 0.3) is 0 Å². The molecule has 0 radical (unpaired) electrons. The van der Waals surface area contributed by atoms with Gasteiger partial charge in [-0.15, -0.1) is 0 Å². The molecule has 0 fully saturated rings. The van der Waals surface area contributed by atoms with Crippen molar-refractivity contribution in [3.8, 4) is 11.5 Å². The van der Waals surface area contributed by atoms with Crippen LogP contribution in [-0.4, -0.2) is 28.3 Å². The fourth-order valence-electron chi connectivity index (χ4n) is 3.69. The number of nitrogens with zero attached hydrogens (tertiary/aromatic N) is 2. The molecule has 7 nitrogen and oxygen atoms in total. The zero-order valence-electron chi connectivity index (χ0n) is 15.6. The molecule has 0 atom stereocenters. The Kier molecular flexibility index (Phi) is 4.71. The predicted molar refractivity (Wildman–Crippen MR) is 95.1 cm³/mol. The van der Waals surface area contributed by atoms with Crippen LogP contribution < -0.4 is 14.8 Å². The molecule has 2 aromatic rings. The number of Topliss-reactive ketones (excluding diaryl/α,β-unsaturated/α-hetero) is 1. The highest BCUT2D eigenvalue weighted by atomic mass is 19.4. The van der Waals surface area contributed by atoms with Crippen molar-refractivity contribution in [2.75, 3.05) is 12.1 Å².